The molecule has 0 nitrogen and oxygen atoms in total. The van der Waals surface area contributed by atoms with Crippen molar-refractivity contribution in [3.63, 3.8) is 0 Å². The van der Waals surface area contributed by atoms with E-state index in [-0.39, 0.29) is 5.82 Å². The van der Waals surface area contributed by atoms with E-state index in [1.54, 1.807) is 0 Å². The molecule has 0 atom stereocenters. The quantitative estimate of drug-likeness (QED) is 0.532. The van der Waals surface area contributed by atoms with Crippen molar-refractivity contribution in [1.29, 1.82) is 0 Å². The van der Waals surface area contributed by atoms with E-state index in [4.69, 9.17) is 0 Å². The summed E-state index contributed by atoms with van der Waals surface area (Å²) in [6, 6.07) is 23.4. The van der Waals surface area contributed by atoms with Crippen molar-refractivity contribution in [2.75, 3.05) is 0 Å². The molecular formula is C21H19F. The van der Waals surface area contributed by atoms with Gasteiger partial charge in [-0.15, -0.1) is 0 Å². The second kappa shape index (κ2) is 6.15. The van der Waals surface area contributed by atoms with Crippen LogP contribution < -0.4 is 0 Å². The summed E-state index contributed by atoms with van der Waals surface area (Å²) in [5.74, 6) is 0.201. The number of rotatable bonds is 3. The Hall–Kier alpha value is -2.41. The van der Waals surface area contributed by atoms with Crippen LogP contribution in [0.15, 0.2) is 72.8 Å². The third-order valence-electron chi connectivity index (χ3n) is 3.93. The van der Waals surface area contributed by atoms with Crippen molar-refractivity contribution in [2.24, 2.45) is 0 Å². The van der Waals surface area contributed by atoms with Crippen molar-refractivity contribution < 1.29 is 4.39 Å². The van der Waals surface area contributed by atoms with Crippen LogP contribution in [0.4, 0.5) is 4.39 Å². The largest absolute Gasteiger partial charge is 0.206 e. The van der Waals surface area contributed by atoms with Crippen LogP contribution in [0.3, 0.4) is 0 Å². The van der Waals surface area contributed by atoms with Gasteiger partial charge in [0.1, 0.15) is 5.82 Å². The van der Waals surface area contributed by atoms with Crippen LogP contribution in [-0.2, 0) is 0 Å². The van der Waals surface area contributed by atoms with Gasteiger partial charge in [-0.2, -0.15) is 0 Å². The number of benzene rings is 3. The van der Waals surface area contributed by atoms with Gasteiger partial charge in [-0.1, -0.05) is 74.5 Å². The lowest BCUT2D eigenvalue weighted by Crippen LogP contribution is -1.96. The first-order chi connectivity index (χ1) is 10.7. The normalized spacial score (nSPS) is 10.9. The van der Waals surface area contributed by atoms with Crippen LogP contribution in [0.5, 0.6) is 0 Å². The van der Waals surface area contributed by atoms with Crippen molar-refractivity contribution in [1.82, 2.24) is 0 Å². The minimum atomic E-state index is -0.151. The topological polar surface area (TPSA) is 0 Å². The van der Waals surface area contributed by atoms with E-state index >= 15 is 4.39 Å². The summed E-state index contributed by atoms with van der Waals surface area (Å²) in [5.41, 5.74) is 4.33. The van der Waals surface area contributed by atoms with Crippen molar-refractivity contribution in [2.45, 2.75) is 19.8 Å². The van der Waals surface area contributed by atoms with Crippen molar-refractivity contribution in [3.05, 3.63) is 84.2 Å². The molecule has 22 heavy (non-hydrogen) atoms. The highest BCUT2D eigenvalue weighted by molar-refractivity contribution is 5.75. The highest BCUT2D eigenvalue weighted by Crippen LogP contribution is 2.34. The molecule has 0 unspecified atom stereocenters. The number of halogens is 1. The van der Waals surface area contributed by atoms with Crippen LogP contribution in [0.2, 0.25) is 0 Å². The zero-order chi connectivity index (χ0) is 15.5. The molecule has 0 aromatic heterocycles. The zero-order valence-electron chi connectivity index (χ0n) is 12.9. The molecule has 0 saturated carbocycles. The molecule has 0 aliphatic rings. The van der Waals surface area contributed by atoms with Gasteiger partial charge in [0.15, 0.2) is 0 Å². The fourth-order valence-electron chi connectivity index (χ4n) is 2.64. The van der Waals surface area contributed by atoms with Crippen LogP contribution >= 0.6 is 0 Å². The molecule has 0 radical (unpaired) electrons. The SMILES string of the molecule is CC(C)c1cc(-c2ccccc2)c(F)c(-c2ccccc2)c1. The molecular weight excluding hydrogens is 271 g/mol. The molecule has 3 aromatic rings. The average Bonchev–Trinajstić information content (AvgIpc) is 2.56. The highest BCUT2D eigenvalue weighted by Gasteiger charge is 2.15. The van der Waals surface area contributed by atoms with Gasteiger partial charge >= 0.3 is 0 Å². The fraction of sp³-hybridized carbons (Fsp3) is 0.143. The van der Waals surface area contributed by atoms with E-state index in [0.29, 0.717) is 17.0 Å². The van der Waals surface area contributed by atoms with Crippen molar-refractivity contribution in [3.8, 4) is 22.3 Å². The summed E-state index contributed by atoms with van der Waals surface area (Å²) in [6.45, 7) is 4.27. The summed E-state index contributed by atoms with van der Waals surface area (Å²) >= 11 is 0. The molecule has 1 heteroatoms. The van der Waals surface area contributed by atoms with Gasteiger partial charge in [-0.25, -0.2) is 4.39 Å². The maximum atomic E-state index is 15.1. The van der Waals surface area contributed by atoms with Crippen LogP contribution in [0, 0.1) is 5.82 Å². The average molecular weight is 290 g/mol. The van der Waals surface area contributed by atoms with Gasteiger partial charge in [0.25, 0.3) is 0 Å². The Balaban J connectivity index is 2.25. The van der Waals surface area contributed by atoms with E-state index in [1.807, 2.05) is 72.8 Å². The van der Waals surface area contributed by atoms with E-state index in [2.05, 4.69) is 13.8 Å². The molecule has 0 N–H and O–H groups in total. The Morgan fingerprint density at radius 1 is 0.682 bits per heavy atom. The molecule has 110 valence electrons. The third kappa shape index (κ3) is 2.80. The lowest BCUT2D eigenvalue weighted by molar-refractivity contribution is 0.633. The maximum Gasteiger partial charge on any atom is 0.138 e. The molecule has 0 aliphatic carbocycles. The summed E-state index contributed by atoms with van der Waals surface area (Å²) in [4.78, 5) is 0. The smallest absolute Gasteiger partial charge is 0.138 e. The number of hydrogen-bond donors (Lipinski definition) is 0. The van der Waals surface area contributed by atoms with Gasteiger partial charge in [0, 0.05) is 11.1 Å². The first-order valence-electron chi connectivity index (χ1n) is 7.61. The molecule has 0 saturated heterocycles. The predicted molar refractivity (Wildman–Crippen MR) is 91.4 cm³/mol. The molecule has 0 bridgehead atoms. The first kappa shape index (κ1) is 14.5. The summed E-state index contributed by atoms with van der Waals surface area (Å²) in [7, 11) is 0. The Kier molecular flexibility index (Phi) is 4.06. The van der Waals surface area contributed by atoms with Crippen LogP contribution in [-0.4, -0.2) is 0 Å². The Morgan fingerprint density at radius 3 is 1.45 bits per heavy atom. The van der Waals surface area contributed by atoms with Gasteiger partial charge in [0.05, 0.1) is 0 Å². The molecule has 0 aliphatic heterocycles. The molecule has 0 heterocycles. The lowest BCUT2D eigenvalue weighted by atomic mass is 9.91. The minimum absolute atomic E-state index is 0.151. The van der Waals surface area contributed by atoms with Gasteiger partial charge < -0.3 is 0 Å². The number of hydrogen-bond acceptors (Lipinski definition) is 0. The molecule has 3 rings (SSSR count). The summed E-state index contributed by atoms with van der Waals surface area (Å²) < 4.78 is 15.1. The molecule has 3 aromatic carbocycles. The van der Waals surface area contributed by atoms with Gasteiger partial charge in [-0.3, -0.25) is 0 Å². The summed E-state index contributed by atoms with van der Waals surface area (Å²) in [5, 5.41) is 0. The monoisotopic (exact) mass is 290 g/mol. The van der Waals surface area contributed by atoms with Crippen LogP contribution in [0.25, 0.3) is 22.3 Å². The Labute approximate surface area is 131 Å². The lowest BCUT2D eigenvalue weighted by Gasteiger charge is -2.14. The Morgan fingerprint density at radius 2 is 1.09 bits per heavy atom. The minimum Gasteiger partial charge on any atom is -0.206 e. The second-order valence-corrected chi connectivity index (χ2v) is 5.82. The first-order valence-corrected chi connectivity index (χ1v) is 7.61. The second-order valence-electron chi connectivity index (χ2n) is 5.82. The predicted octanol–water partition coefficient (Wildman–Crippen LogP) is 6.28. The molecule has 0 fully saturated rings. The van der Waals surface area contributed by atoms with Gasteiger partial charge in [-0.05, 0) is 34.7 Å². The van der Waals surface area contributed by atoms with Crippen molar-refractivity contribution >= 4 is 0 Å². The highest BCUT2D eigenvalue weighted by atomic mass is 19.1. The van der Waals surface area contributed by atoms with E-state index in [9.17, 15) is 0 Å². The van der Waals surface area contributed by atoms with E-state index in [1.165, 1.54) is 0 Å². The third-order valence-corrected chi connectivity index (χ3v) is 3.93. The van der Waals surface area contributed by atoms with Crippen LogP contribution in [0.1, 0.15) is 25.3 Å². The summed E-state index contributed by atoms with van der Waals surface area (Å²) in [6.07, 6.45) is 0. The molecule has 0 amide bonds. The zero-order valence-corrected chi connectivity index (χ0v) is 12.9. The van der Waals surface area contributed by atoms with Gasteiger partial charge in [0.2, 0.25) is 0 Å². The maximum absolute atomic E-state index is 15.1. The molecule has 0 spiro atoms. The Bertz CT molecular complexity index is 698. The van der Waals surface area contributed by atoms with E-state index < -0.39 is 0 Å². The standard InChI is InChI=1S/C21H19F/c1-15(2)18-13-19(16-9-5-3-6-10-16)21(22)20(14-18)17-11-7-4-8-12-17/h3-15H,1-2H3. The van der Waals surface area contributed by atoms with E-state index in [0.717, 1.165) is 16.7 Å². The fourth-order valence-corrected chi connectivity index (χ4v) is 2.64.